The van der Waals surface area contributed by atoms with E-state index in [1.807, 2.05) is 0 Å². The number of hydrogen-bond acceptors (Lipinski definition) is 1. The maximum atomic E-state index is 6.58. The molecule has 0 spiro atoms. The minimum atomic E-state index is -0.428. The molecular formula is C41H26O. The molecule has 1 heterocycles. The van der Waals surface area contributed by atoms with Crippen LogP contribution in [-0.4, -0.2) is 0 Å². The minimum Gasteiger partial charge on any atom is -0.456 e. The van der Waals surface area contributed by atoms with Crippen LogP contribution in [0.15, 0.2) is 158 Å². The molecule has 0 saturated heterocycles. The number of fused-ring (bicyclic) bond motifs is 5. The van der Waals surface area contributed by atoms with Gasteiger partial charge in [-0.3, -0.25) is 0 Å². The van der Waals surface area contributed by atoms with E-state index in [4.69, 9.17) is 4.74 Å². The summed E-state index contributed by atoms with van der Waals surface area (Å²) in [5.41, 5.74) is 12.1. The average molecular weight is 535 g/mol. The third-order valence-corrected chi connectivity index (χ3v) is 9.15. The van der Waals surface area contributed by atoms with Crippen molar-refractivity contribution in [2.75, 3.05) is 0 Å². The SMILES string of the molecule is c1ccc(C2(c3ccccc3)c3ccccc3-c3c(-c4cccc5c4-c4cccc6cccc(c46)O5)cccc32)cc1. The van der Waals surface area contributed by atoms with Crippen molar-refractivity contribution < 1.29 is 4.74 Å². The first kappa shape index (κ1) is 23.3. The summed E-state index contributed by atoms with van der Waals surface area (Å²) in [5, 5.41) is 2.37. The van der Waals surface area contributed by atoms with E-state index in [9.17, 15) is 0 Å². The van der Waals surface area contributed by atoms with Crippen LogP contribution in [0.4, 0.5) is 0 Å². The van der Waals surface area contributed by atoms with Crippen LogP contribution in [0.25, 0.3) is 44.2 Å². The fourth-order valence-corrected chi connectivity index (χ4v) is 7.55. The predicted molar refractivity (Wildman–Crippen MR) is 172 cm³/mol. The van der Waals surface area contributed by atoms with Crippen LogP contribution in [-0.2, 0) is 5.41 Å². The molecule has 0 atom stereocenters. The molecule has 196 valence electrons. The summed E-state index contributed by atoms with van der Waals surface area (Å²) < 4.78 is 6.58. The third kappa shape index (κ3) is 3.03. The first-order valence-electron chi connectivity index (χ1n) is 14.5. The molecule has 0 bridgehead atoms. The summed E-state index contributed by atoms with van der Waals surface area (Å²) >= 11 is 0. The van der Waals surface area contributed by atoms with Crippen LogP contribution in [0.1, 0.15) is 22.3 Å². The summed E-state index contributed by atoms with van der Waals surface area (Å²) in [4.78, 5) is 0. The quantitative estimate of drug-likeness (QED) is 0.219. The zero-order valence-electron chi connectivity index (χ0n) is 22.9. The normalized spacial score (nSPS) is 13.6. The van der Waals surface area contributed by atoms with E-state index in [1.165, 1.54) is 60.8 Å². The van der Waals surface area contributed by atoms with Gasteiger partial charge in [-0.15, -0.1) is 0 Å². The Kier molecular flexibility index (Phi) is 4.88. The number of hydrogen-bond donors (Lipinski definition) is 0. The van der Waals surface area contributed by atoms with E-state index in [2.05, 4.69) is 158 Å². The highest BCUT2D eigenvalue weighted by Crippen LogP contribution is 2.59. The number of rotatable bonds is 3. The van der Waals surface area contributed by atoms with Crippen LogP contribution in [0.2, 0.25) is 0 Å². The van der Waals surface area contributed by atoms with Crippen LogP contribution < -0.4 is 4.74 Å². The van der Waals surface area contributed by atoms with Crippen LogP contribution >= 0.6 is 0 Å². The highest BCUT2D eigenvalue weighted by Gasteiger charge is 2.46. The van der Waals surface area contributed by atoms with Crippen molar-refractivity contribution in [3.63, 3.8) is 0 Å². The topological polar surface area (TPSA) is 9.23 Å². The second-order valence-electron chi connectivity index (χ2n) is 11.2. The Hall–Kier alpha value is -5.40. The van der Waals surface area contributed by atoms with Crippen molar-refractivity contribution in [1.29, 1.82) is 0 Å². The molecule has 0 saturated carbocycles. The molecule has 7 aromatic rings. The van der Waals surface area contributed by atoms with Crippen molar-refractivity contribution >= 4 is 10.8 Å². The minimum absolute atomic E-state index is 0.428. The number of benzene rings is 7. The Morgan fingerprint density at radius 3 is 1.64 bits per heavy atom. The van der Waals surface area contributed by atoms with E-state index in [0.717, 1.165) is 17.1 Å². The van der Waals surface area contributed by atoms with Gasteiger partial charge in [0.2, 0.25) is 0 Å². The molecule has 0 amide bonds. The first-order valence-corrected chi connectivity index (χ1v) is 14.5. The molecule has 42 heavy (non-hydrogen) atoms. The summed E-state index contributed by atoms with van der Waals surface area (Å²) in [7, 11) is 0. The van der Waals surface area contributed by atoms with E-state index >= 15 is 0 Å². The lowest BCUT2D eigenvalue weighted by molar-refractivity contribution is 0.487. The first-order chi connectivity index (χ1) is 20.9. The van der Waals surface area contributed by atoms with Crippen LogP contribution in [0, 0.1) is 0 Å². The average Bonchev–Trinajstić information content (AvgIpc) is 3.37. The number of ether oxygens (including phenoxy) is 1. The summed E-state index contributed by atoms with van der Waals surface area (Å²) in [6.07, 6.45) is 0. The Labute approximate surface area is 245 Å². The van der Waals surface area contributed by atoms with Gasteiger partial charge in [-0.2, -0.15) is 0 Å². The van der Waals surface area contributed by atoms with E-state index in [1.54, 1.807) is 0 Å². The van der Waals surface area contributed by atoms with Gasteiger partial charge in [-0.05, 0) is 67.6 Å². The smallest absolute Gasteiger partial charge is 0.135 e. The van der Waals surface area contributed by atoms with E-state index in [-0.39, 0.29) is 0 Å². The molecule has 0 fully saturated rings. The van der Waals surface area contributed by atoms with Gasteiger partial charge in [0.25, 0.3) is 0 Å². The van der Waals surface area contributed by atoms with Gasteiger partial charge in [-0.1, -0.05) is 146 Å². The molecule has 1 aliphatic carbocycles. The Balaban J connectivity index is 1.40. The van der Waals surface area contributed by atoms with Crippen molar-refractivity contribution in [2.24, 2.45) is 0 Å². The molecule has 2 aliphatic rings. The third-order valence-electron chi connectivity index (χ3n) is 9.15. The highest BCUT2D eigenvalue weighted by atomic mass is 16.5. The van der Waals surface area contributed by atoms with Gasteiger partial charge < -0.3 is 4.74 Å². The second-order valence-corrected chi connectivity index (χ2v) is 11.2. The zero-order chi connectivity index (χ0) is 27.7. The van der Waals surface area contributed by atoms with Gasteiger partial charge in [0.15, 0.2) is 0 Å². The summed E-state index contributed by atoms with van der Waals surface area (Å²) in [6.45, 7) is 0. The fourth-order valence-electron chi connectivity index (χ4n) is 7.55. The Morgan fingerprint density at radius 2 is 0.881 bits per heavy atom. The molecule has 1 heteroatoms. The Morgan fingerprint density at radius 1 is 0.357 bits per heavy atom. The zero-order valence-corrected chi connectivity index (χ0v) is 22.9. The lowest BCUT2D eigenvalue weighted by Gasteiger charge is -2.34. The summed E-state index contributed by atoms with van der Waals surface area (Å²) in [6, 6.07) is 57.2. The lowest BCUT2D eigenvalue weighted by Crippen LogP contribution is -2.28. The molecule has 0 unspecified atom stereocenters. The monoisotopic (exact) mass is 534 g/mol. The molecule has 0 N–H and O–H groups in total. The second kappa shape index (κ2) is 8.80. The van der Waals surface area contributed by atoms with Gasteiger partial charge in [-0.25, -0.2) is 0 Å². The van der Waals surface area contributed by atoms with E-state index < -0.39 is 5.41 Å². The highest BCUT2D eigenvalue weighted by molar-refractivity contribution is 6.09. The van der Waals surface area contributed by atoms with Crippen molar-refractivity contribution in [2.45, 2.75) is 5.41 Å². The standard InChI is InChI=1S/C41H26O/c1-3-15-28(16-4-1)41(29-17-5-2-6-18-29)34-23-8-7-19-32(34)39-30(20-11-24-35(39)41)31-21-12-26-37-40(31)33-22-9-13-27-14-10-25-36(42-37)38(27)33/h1-26H. The molecule has 0 radical (unpaired) electrons. The maximum absolute atomic E-state index is 6.58. The van der Waals surface area contributed by atoms with Crippen LogP contribution in [0.5, 0.6) is 11.5 Å². The van der Waals surface area contributed by atoms with Gasteiger partial charge in [0.05, 0.1) is 5.41 Å². The lowest BCUT2D eigenvalue weighted by atomic mass is 9.67. The van der Waals surface area contributed by atoms with E-state index in [0.29, 0.717) is 0 Å². The maximum Gasteiger partial charge on any atom is 0.135 e. The van der Waals surface area contributed by atoms with Gasteiger partial charge in [0.1, 0.15) is 11.5 Å². The van der Waals surface area contributed by atoms with Gasteiger partial charge in [0, 0.05) is 10.9 Å². The fraction of sp³-hybridized carbons (Fsp3) is 0.0244. The van der Waals surface area contributed by atoms with Crippen molar-refractivity contribution in [3.8, 4) is 44.9 Å². The molecular weight excluding hydrogens is 508 g/mol. The molecule has 1 nitrogen and oxygen atoms in total. The van der Waals surface area contributed by atoms with Crippen LogP contribution in [0.3, 0.4) is 0 Å². The summed E-state index contributed by atoms with van der Waals surface area (Å²) in [5.74, 6) is 1.82. The van der Waals surface area contributed by atoms with Crippen molar-refractivity contribution in [3.05, 3.63) is 180 Å². The predicted octanol–water partition coefficient (Wildman–Crippen LogP) is 10.6. The molecule has 9 rings (SSSR count). The van der Waals surface area contributed by atoms with Crippen molar-refractivity contribution in [1.82, 2.24) is 0 Å². The molecule has 0 aromatic heterocycles. The largest absolute Gasteiger partial charge is 0.456 e. The molecule has 1 aliphatic heterocycles. The van der Waals surface area contributed by atoms with Gasteiger partial charge >= 0.3 is 0 Å². The Bertz CT molecular complexity index is 2110. The molecule has 7 aromatic carbocycles.